The zero-order chi connectivity index (χ0) is 19.7. The van der Waals surface area contributed by atoms with Crippen LogP contribution in [0.3, 0.4) is 0 Å². The average molecular weight is 394 g/mol. The summed E-state index contributed by atoms with van der Waals surface area (Å²) in [5, 5.41) is 2.11. The topological polar surface area (TPSA) is 38.8 Å². The third-order valence-electron chi connectivity index (χ3n) is 5.13. The standard InChI is InChI=1S/C23H23NO3S/c1-15-22(25)24(14-16-11-12-17-7-4-5-8-18(17)13-16)23(28-15)21-19(26-2)9-6-10-20(21)27-3/h4-13,15,23H,14H2,1-3H3. The fraction of sp³-hybridized carbons (Fsp3) is 0.261. The first-order valence-corrected chi connectivity index (χ1v) is 10.2. The molecule has 4 nitrogen and oxygen atoms in total. The number of hydrogen-bond donors (Lipinski definition) is 0. The molecule has 4 rings (SSSR count). The van der Waals surface area contributed by atoms with Gasteiger partial charge in [0.25, 0.3) is 0 Å². The zero-order valence-corrected chi connectivity index (χ0v) is 17.0. The molecule has 1 fully saturated rings. The number of rotatable bonds is 5. The van der Waals surface area contributed by atoms with E-state index in [-0.39, 0.29) is 16.5 Å². The molecule has 144 valence electrons. The second kappa shape index (κ2) is 7.76. The van der Waals surface area contributed by atoms with Gasteiger partial charge in [-0.25, -0.2) is 0 Å². The van der Waals surface area contributed by atoms with Gasteiger partial charge in [0.15, 0.2) is 0 Å². The number of benzene rings is 3. The number of methoxy groups -OCH3 is 2. The highest BCUT2D eigenvalue weighted by atomic mass is 32.2. The van der Waals surface area contributed by atoms with Crippen molar-refractivity contribution in [3.63, 3.8) is 0 Å². The van der Waals surface area contributed by atoms with Crippen LogP contribution in [-0.4, -0.2) is 30.3 Å². The summed E-state index contributed by atoms with van der Waals surface area (Å²) in [6.45, 7) is 2.51. The Balaban J connectivity index is 1.73. The summed E-state index contributed by atoms with van der Waals surface area (Å²) in [5.74, 6) is 1.61. The largest absolute Gasteiger partial charge is 0.496 e. The molecule has 1 heterocycles. The van der Waals surface area contributed by atoms with Crippen molar-refractivity contribution in [1.82, 2.24) is 4.90 Å². The summed E-state index contributed by atoms with van der Waals surface area (Å²) < 4.78 is 11.2. The van der Waals surface area contributed by atoms with Crippen LogP contribution in [-0.2, 0) is 11.3 Å². The van der Waals surface area contributed by atoms with Gasteiger partial charge in [0.1, 0.15) is 16.9 Å². The summed E-state index contributed by atoms with van der Waals surface area (Å²) in [6.07, 6.45) is 0. The van der Waals surface area contributed by atoms with E-state index in [9.17, 15) is 4.79 Å². The summed E-state index contributed by atoms with van der Waals surface area (Å²) in [5.41, 5.74) is 2.02. The molecule has 2 atom stereocenters. The van der Waals surface area contributed by atoms with Crippen LogP contribution in [0.25, 0.3) is 10.8 Å². The fourth-order valence-corrected chi connectivity index (χ4v) is 5.05. The van der Waals surface area contributed by atoms with E-state index in [1.165, 1.54) is 10.8 Å². The van der Waals surface area contributed by atoms with Crippen molar-refractivity contribution in [2.45, 2.75) is 24.1 Å². The van der Waals surface area contributed by atoms with Crippen molar-refractivity contribution in [3.05, 3.63) is 71.8 Å². The molecule has 3 aromatic rings. The Morgan fingerprint density at radius 1 is 0.929 bits per heavy atom. The molecule has 1 amide bonds. The van der Waals surface area contributed by atoms with Crippen LogP contribution in [0.5, 0.6) is 11.5 Å². The summed E-state index contributed by atoms with van der Waals surface area (Å²) in [4.78, 5) is 14.9. The number of carbonyl (C=O) groups is 1. The van der Waals surface area contributed by atoms with E-state index < -0.39 is 0 Å². The lowest BCUT2D eigenvalue weighted by Crippen LogP contribution is -2.30. The van der Waals surface area contributed by atoms with Gasteiger partial charge in [-0.05, 0) is 41.5 Å². The molecule has 5 heteroatoms. The van der Waals surface area contributed by atoms with E-state index in [1.807, 2.05) is 42.2 Å². The predicted octanol–water partition coefficient (Wildman–Crippen LogP) is 5.02. The normalized spacial score (nSPS) is 19.2. The molecule has 0 saturated carbocycles. The van der Waals surface area contributed by atoms with E-state index in [0.717, 1.165) is 22.6 Å². The van der Waals surface area contributed by atoms with Crippen LogP contribution in [0, 0.1) is 0 Å². The Morgan fingerprint density at radius 3 is 2.29 bits per heavy atom. The lowest BCUT2D eigenvalue weighted by Gasteiger charge is -2.27. The average Bonchev–Trinajstić information content (AvgIpc) is 3.01. The van der Waals surface area contributed by atoms with Gasteiger partial charge in [-0.2, -0.15) is 0 Å². The lowest BCUT2D eigenvalue weighted by atomic mass is 10.1. The third kappa shape index (κ3) is 3.31. The Labute approximate surface area is 169 Å². The van der Waals surface area contributed by atoms with Gasteiger partial charge >= 0.3 is 0 Å². The van der Waals surface area contributed by atoms with E-state index in [0.29, 0.717) is 6.54 Å². The Hall–Kier alpha value is -2.66. The SMILES string of the molecule is COc1cccc(OC)c1C1SC(C)C(=O)N1Cc1ccc2ccccc2c1. The Bertz CT molecular complexity index is 997. The molecular weight excluding hydrogens is 370 g/mol. The van der Waals surface area contributed by atoms with Crippen molar-refractivity contribution in [2.24, 2.45) is 0 Å². The van der Waals surface area contributed by atoms with Crippen LogP contribution in [0.1, 0.15) is 23.4 Å². The molecule has 0 aromatic heterocycles. The molecule has 1 saturated heterocycles. The number of carbonyl (C=O) groups excluding carboxylic acids is 1. The summed E-state index contributed by atoms with van der Waals surface area (Å²) in [7, 11) is 3.30. The number of nitrogens with zero attached hydrogens (tertiary/aromatic N) is 1. The number of fused-ring (bicyclic) bond motifs is 1. The van der Waals surface area contributed by atoms with Gasteiger partial charge in [0.2, 0.25) is 5.91 Å². The van der Waals surface area contributed by atoms with E-state index in [1.54, 1.807) is 26.0 Å². The number of hydrogen-bond acceptors (Lipinski definition) is 4. The van der Waals surface area contributed by atoms with Crippen molar-refractivity contribution in [3.8, 4) is 11.5 Å². The predicted molar refractivity (Wildman–Crippen MR) is 114 cm³/mol. The molecule has 1 aliphatic heterocycles. The van der Waals surface area contributed by atoms with Crippen LogP contribution in [0.2, 0.25) is 0 Å². The van der Waals surface area contributed by atoms with Gasteiger partial charge in [0.05, 0.1) is 25.0 Å². The molecule has 0 aliphatic carbocycles. The van der Waals surface area contributed by atoms with Crippen LogP contribution < -0.4 is 9.47 Å². The third-order valence-corrected chi connectivity index (χ3v) is 6.48. The molecule has 2 unspecified atom stereocenters. The highest BCUT2D eigenvalue weighted by Crippen LogP contribution is 2.49. The quantitative estimate of drug-likeness (QED) is 0.610. The van der Waals surface area contributed by atoms with Gasteiger partial charge in [-0.15, -0.1) is 11.8 Å². The molecule has 0 spiro atoms. The first-order valence-electron chi connectivity index (χ1n) is 9.27. The van der Waals surface area contributed by atoms with E-state index >= 15 is 0 Å². The van der Waals surface area contributed by atoms with Crippen LogP contribution in [0.15, 0.2) is 60.7 Å². The van der Waals surface area contributed by atoms with Gasteiger partial charge in [-0.1, -0.05) is 42.5 Å². The van der Waals surface area contributed by atoms with Crippen molar-refractivity contribution in [1.29, 1.82) is 0 Å². The maximum Gasteiger partial charge on any atom is 0.236 e. The second-order valence-electron chi connectivity index (χ2n) is 6.85. The maximum absolute atomic E-state index is 13.0. The molecule has 3 aromatic carbocycles. The van der Waals surface area contributed by atoms with Gasteiger partial charge < -0.3 is 14.4 Å². The molecule has 0 bridgehead atoms. The summed E-state index contributed by atoms with van der Waals surface area (Å²) >= 11 is 1.63. The minimum Gasteiger partial charge on any atom is -0.496 e. The van der Waals surface area contributed by atoms with Crippen molar-refractivity contribution in [2.75, 3.05) is 14.2 Å². The first kappa shape index (κ1) is 18.7. The molecule has 28 heavy (non-hydrogen) atoms. The van der Waals surface area contributed by atoms with Crippen LogP contribution >= 0.6 is 11.8 Å². The number of thioether (sulfide) groups is 1. The molecule has 1 aliphatic rings. The lowest BCUT2D eigenvalue weighted by molar-refractivity contribution is -0.130. The first-order chi connectivity index (χ1) is 13.6. The highest BCUT2D eigenvalue weighted by molar-refractivity contribution is 8.01. The molecular formula is C23H23NO3S. The van der Waals surface area contributed by atoms with E-state index in [4.69, 9.17) is 9.47 Å². The summed E-state index contributed by atoms with van der Waals surface area (Å²) in [6, 6.07) is 20.4. The van der Waals surface area contributed by atoms with Crippen LogP contribution in [0.4, 0.5) is 0 Å². The maximum atomic E-state index is 13.0. The minimum absolute atomic E-state index is 0.111. The minimum atomic E-state index is -0.153. The Kier molecular flexibility index (Phi) is 5.18. The molecule has 0 N–H and O–H groups in total. The van der Waals surface area contributed by atoms with Crippen molar-refractivity contribution < 1.29 is 14.3 Å². The van der Waals surface area contributed by atoms with Crippen molar-refractivity contribution >= 4 is 28.4 Å². The Morgan fingerprint density at radius 2 is 1.61 bits per heavy atom. The number of ether oxygens (including phenoxy) is 2. The van der Waals surface area contributed by atoms with E-state index in [2.05, 4.69) is 30.3 Å². The zero-order valence-electron chi connectivity index (χ0n) is 16.2. The monoisotopic (exact) mass is 393 g/mol. The smallest absolute Gasteiger partial charge is 0.236 e. The highest BCUT2D eigenvalue weighted by Gasteiger charge is 2.41. The van der Waals surface area contributed by atoms with Gasteiger partial charge in [-0.3, -0.25) is 4.79 Å². The number of amides is 1. The second-order valence-corrected chi connectivity index (χ2v) is 8.28. The molecule has 0 radical (unpaired) electrons. The van der Waals surface area contributed by atoms with Gasteiger partial charge in [0, 0.05) is 6.54 Å². The fourth-order valence-electron chi connectivity index (χ4n) is 3.72.